The molecule has 1 aliphatic heterocycles. The van der Waals surface area contributed by atoms with E-state index in [4.69, 9.17) is 4.98 Å². The second-order valence-electron chi connectivity index (χ2n) is 9.70. The van der Waals surface area contributed by atoms with E-state index in [2.05, 4.69) is 58.5 Å². The van der Waals surface area contributed by atoms with Crippen molar-refractivity contribution in [2.75, 3.05) is 25.0 Å². The minimum atomic E-state index is -0.130. The zero-order chi connectivity index (χ0) is 25.6. The molecule has 1 fully saturated rings. The van der Waals surface area contributed by atoms with Gasteiger partial charge in [0.15, 0.2) is 5.82 Å². The highest BCUT2D eigenvalue weighted by Gasteiger charge is 2.25. The number of benzene rings is 3. The number of hydrogen-bond donors (Lipinski definition) is 1. The molecule has 2 heterocycles. The molecule has 1 N–H and O–H groups in total. The largest absolute Gasteiger partial charge is 0.349 e. The van der Waals surface area contributed by atoms with E-state index in [1.54, 1.807) is 6.20 Å². The number of nitrogens with zero attached hydrogens (tertiary/aromatic N) is 4. The van der Waals surface area contributed by atoms with Crippen molar-refractivity contribution < 1.29 is 4.79 Å². The molecule has 0 unspecified atom stereocenters. The highest BCUT2D eigenvalue weighted by Crippen LogP contribution is 2.28. The number of aryl methyl sites for hydroxylation is 1. The lowest BCUT2D eigenvalue weighted by Crippen LogP contribution is -2.44. The average molecular weight is 492 g/mol. The summed E-state index contributed by atoms with van der Waals surface area (Å²) in [7, 11) is 1.95. The summed E-state index contributed by atoms with van der Waals surface area (Å²) >= 11 is 0. The monoisotopic (exact) mass is 491 g/mol. The number of piperidine rings is 1. The van der Waals surface area contributed by atoms with Crippen molar-refractivity contribution in [3.63, 3.8) is 0 Å². The third kappa shape index (κ3) is 6.04. The normalized spacial score (nSPS) is 14.3. The molecular weight excluding hydrogens is 458 g/mol. The van der Waals surface area contributed by atoms with Gasteiger partial charge in [-0.3, -0.25) is 9.69 Å². The number of amides is 1. The summed E-state index contributed by atoms with van der Waals surface area (Å²) in [6.45, 7) is 4.92. The maximum Gasteiger partial charge on any atom is 0.256 e. The van der Waals surface area contributed by atoms with Crippen LogP contribution in [0, 0.1) is 6.92 Å². The van der Waals surface area contributed by atoms with Crippen LogP contribution in [0.1, 0.15) is 34.3 Å². The Kier molecular flexibility index (Phi) is 7.57. The molecule has 4 aromatic rings. The Morgan fingerprint density at radius 1 is 0.946 bits per heavy atom. The first kappa shape index (κ1) is 24.7. The Hall–Kier alpha value is -4.03. The summed E-state index contributed by atoms with van der Waals surface area (Å²) < 4.78 is 0. The lowest BCUT2D eigenvalue weighted by atomic mass is 10.0. The van der Waals surface area contributed by atoms with Crippen LogP contribution in [-0.4, -0.2) is 47.0 Å². The fourth-order valence-electron chi connectivity index (χ4n) is 4.75. The average Bonchev–Trinajstić information content (AvgIpc) is 2.95. The quantitative estimate of drug-likeness (QED) is 0.364. The highest BCUT2D eigenvalue weighted by molar-refractivity contribution is 5.99. The Labute approximate surface area is 219 Å². The van der Waals surface area contributed by atoms with Gasteiger partial charge in [0.05, 0.1) is 0 Å². The van der Waals surface area contributed by atoms with Crippen LogP contribution in [-0.2, 0) is 6.54 Å². The summed E-state index contributed by atoms with van der Waals surface area (Å²) in [5.74, 6) is 1.06. The molecule has 1 aromatic heterocycles. The number of rotatable bonds is 7. The molecule has 0 saturated carbocycles. The molecule has 3 aromatic carbocycles. The fourth-order valence-corrected chi connectivity index (χ4v) is 4.75. The van der Waals surface area contributed by atoms with Crippen LogP contribution in [0.5, 0.6) is 0 Å². The molecule has 37 heavy (non-hydrogen) atoms. The number of carbonyl (C=O) groups is 1. The van der Waals surface area contributed by atoms with Crippen molar-refractivity contribution in [3.05, 3.63) is 108 Å². The minimum Gasteiger partial charge on any atom is -0.349 e. The van der Waals surface area contributed by atoms with Gasteiger partial charge in [0.25, 0.3) is 5.91 Å². The summed E-state index contributed by atoms with van der Waals surface area (Å²) in [5, 5.41) is 3.26. The highest BCUT2D eigenvalue weighted by atomic mass is 16.1. The van der Waals surface area contributed by atoms with E-state index in [1.165, 1.54) is 11.1 Å². The predicted octanol–water partition coefficient (Wildman–Crippen LogP) is 5.61. The van der Waals surface area contributed by atoms with Crippen LogP contribution in [0.15, 0.2) is 91.1 Å². The molecule has 188 valence electrons. The molecule has 1 amide bonds. The van der Waals surface area contributed by atoms with Crippen molar-refractivity contribution in [1.29, 1.82) is 0 Å². The third-order valence-electron chi connectivity index (χ3n) is 6.96. The van der Waals surface area contributed by atoms with Crippen LogP contribution in [0.25, 0.3) is 11.4 Å². The van der Waals surface area contributed by atoms with Crippen molar-refractivity contribution in [3.8, 4) is 11.4 Å². The van der Waals surface area contributed by atoms with Crippen LogP contribution >= 0.6 is 0 Å². The fraction of sp³-hybridized carbons (Fsp3) is 0.258. The number of anilines is 2. The third-order valence-corrected chi connectivity index (χ3v) is 6.96. The molecule has 1 saturated heterocycles. The van der Waals surface area contributed by atoms with Gasteiger partial charge in [-0.2, -0.15) is 0 Å². The molecule has 0 radical (unpaired) electrons. The molecule has 0 bridgehead atoms. The Morgan fingerprint density at radius 2 is 1.59 bits per heavy atom. The second kappa shape index (κ2) is 11.4. The molecule has 0 spiro atoms. The van der Waals surface area contributed by atoms with Gasteiger partial charge in [-0.05, 0) is 37.5 Å². The first-order valence-corrected chi connectivity index (χ1v) is 12.9. The lowest BCUT2D eigenvalue weighted by Gasteiger charge is -2.32. The number of carbonyl (C=O) groups excluding carboxylic acids is 1. The molecule has 0 atom stereocenters. The zero-order valence-corrected chi connectivity index (χ0v) is 21.5. The van der Waals surface area contributed by atoms with Crippen LogP contribution < -0.4 is 10.2 Å². The van der Waals surface area contributed by atoms with Crippen molar-refractivity contribution in [1.82, 2.24) is 20.2 Å². The molecule has 6 heteroatoms. The predicted molar refractivity (Wildman–Crippen MR) is 149 cm³/mol. The lowest BCUT2D eigenvalue weighted by molar-refractivity contribution is 0.0909. The molecule has 6 nitrogen and oxygen atoms in total. The van der Waals surface area contributed by atoms with Gasteiger partial charge in [-0.15, -0.1) is 0 Å². The first-order valence-electron chi connectivity index (χ1n) is 12.9. The standard InChI is InChI=1S/C31H33N5O/c1-23-13-15-27(16-14-23)35(2)30-28(21-32-29(34-30)25-11-7-4-8-12-25)31(37)33-26-17-19-36(20-18-26)22-24-9-5-3-6-10-24/h3-16,21,26H,17-20,22H2,1-2H3,(H,33,37). The van der Waals surface area contributed by atoms with Gasteiger partial charge in [0, 0.05) is 50.2 Å². The molecule has 5 rings (SSSR count). The Balaban J connectivity index is 1.33. The van der Waals surface area contributed by atoms with Gasteiger partial charge < -0.3 is 10.2 Å². The van der Waals surface area contributed by atoms with E-state index in [-0.39, 0.29) is 11.9 Å². The molecule has 0 aliphatic carbocycles. The maximum atomic E-state index is 13.5. The second-order valence-corrected chi connectivity index (χ2v) is 9.70. The summed E-state index contributed by atoms with van der Waals surface area (Å²) in [4.78, 5) is 27.4. The van der Waals surface area contributed by atoms with Gasteiger partial charge in [0.2, 0.25) is 0 Å². The zero-order valence-electron chi connectivity index (χ0n) is 21.5. The van der Waals surface area contributed by atoms with Crippen LogP contribution in [0.3, 0.4) is 0 Å². The number of aromatic nitrogens is 2. The van der Waals surface area contributed by atoms with Crippen molar-refractivity contribution >= 4 is 17.4 Å². The van der Waals surface area contributed by atoms with E-state index in [0.717, 1.165) is 43.7 Å². The van der Waals surface area contributed by atoms with E-state index in [0.29, 0.717) is 17.2 Å². The van der Waals surface area contributed by atoms with Gasteiger partial charge in [0.1, 0.15) is 11.4 Å². The van der Waals surface area contributed by atoms with Gasteiger partial charge in [-0.25, -0.2) is 9.97 Å². The summed E-state index contributed by atoms with van der Waals surface area (Å²) in [6, 6.07) is 28.7. The van der Waals surface area contributed by atoms with E-state index in [1.807, 2.05) is 60.5 Å². The topological polar surface area (TPSA) is 61.4 Å². The van der Waals surface area contributed by atoms with Gasteiger partial charge in [-0.1, -0.05) is 78.4 Å². The number of likely N-dealkylation sites (tertiary alicyclic amines) is 1. The smallest absolute Gasteiger partial charge is 0.256 e. The summed E-state index contributed by atoms with van der Waals surface area (Å²) in [5.41, 5.74) is 4.87. The van der Waals surface area contributed by atoms with Crippen LogP contribution in [0.4, 0.5) is 11.5 Å². The molecule has 1 aliphatic rings. The Morgan fingerprint density at radius 3 is 2.27 bits per heavy atom. The van der Waals surface area contributed by atoms with Crippen molar-refractivity contribution in [2.45, 2.75) is 32.4 Å². The Bertz CT molecular complexity index is 1320. The van der Waals surface area contributed by atoms with Gasteiger partial charge >= 0.3 is 0 Å². The van der Waals surface area contributed by atoms with E-state index >= 15 is 0 Å². The van der Waals surface area contributed by atoms with Crippen molar-refractivity contribution in [2.24, 2.45) is 0 Å². The first-order chi connectivity index (χ1) is 18.1. The van der Waals surface area contributed by atoms with E-state index in [9.17, 15) is 4.79 Å². The SMILES string of the molecule is Cc1ccc(N(C)c2nc(-c3ccccc3)ncc2C(=O)NC2CCN(Cc3ccccc3)CC2)cc1. The molecular formula is C31H33N5O. The summed E-state index contributed by atoms with van der Waals surface area (Å²) in [6.07, 6.45) is 3.50. The minimum absolute atomic E-state index is 0.130. The van der Waals surface area contributed by atoms with Crippen LogP contribution in [0.2, 0.25) is 0 Å². The maximum absolute atomic E-state index is 13.5. The number of hydrogen-bond acceptors (Lipinski definition) is 5. The van der Waals surface area contributed by atoms with E-state index < -0.39 is 0 Å². The number of nitrogens with one attached hydrogen (secondary N) is 1.